The lowest BCUT2D eigenvalue weighted by Gasteiger charge is -2.13. The average Bonchev–Trinajstić information content (AvgIpc) is 3.06. The minimum absolute atomic E-state index is 0.262. The van der Waals surface area contributed by atoms with Crippen LogP contribution in [-0.2, 0) is 16.2 Å². The first kappa shape index (κ1) is 19.0. The molecule has 2 amide bonds. The van der Waals surface area contributed by atoms with Crippen LogP contribution in [0, 0.1) is 0 Å². The zero-order valence-electron chi connectivity index (χ0n) is 15.7. The number of carbonyl (C=O) groups excluding carboxylic acids is 2. The first-order valence-corrected chi connectivity index (χ1v) is 9.90. The summed E-state index contributed by atoms with van der Waals surface area (Å²) in [6.07, 6.45) is 1.79. The van der Waals surface area contributed by atoms with E-state index in [-0.39, 0.29) is 11.8 Å². The first-order chi connectivity index (χ1) is 14.1. The highest BCUT2D eigenvalue weighted by Gasteiger charge is 2.23. The minimum Gasteiger partial charge on any atom is -0.488 e. The van der Waals surface area contributed by atoms with Gasteiger partial charge in [-0.25, -0.2) is 0 Å². The molecule has 0 aliphatic carbocycles. The number of hydrogen-bond acceptors (Lipinski definition) is 4. The molecule has 0 saturated carbocycles. The molecule has 0 aromatic heterocycles. The fraction of sp³-hybridized carbons (Fsp3) is 0.0870. The van der Waals surface area contributed by atoms with Crippen molar-refractivity contribution in [3.63, 3.8) is 0 Å². The smallest absolute Gasteiger partial charge is 0.286 e. The molecule has 3 aromatic carbocycles. The van der Waals surface area contributed by atoms with E-state index < -0.39 is 0 Å². The van der Waals surface area contributed by atoms with Crippen molar-refractivity contribution in [2.75, 3.05) is 0 Å². The van der Waals surface area contributed by atoms with Gasteiger partial charge in [0.25, 0.3) is 5.91 Å². The third kappa shape index (κ3) is 4.38. The van der Waals surface area contributed by atoms with E-state index in [1.54, 1.807) is 6.08 Å². The zero-order chi connectivity index (χ0) is 20.2. The van der Waals surface area contributed by atoms with E-state index in [0.29, 0.717) is 22.4 Å². The van der Waals surface area contributed by atoms with Gasteiger partial charge in [-0.15, -0.1) is 0 Å². The standard InChI is InChI=1S/C23H18N2O3S/c1-15(26)24-23-25-22(27)21(29-23)13-19-18-10-6-5-9-17(18)11-12-20(19)28-14-16-7-3-2-4-8-16/h2-13H,14H2,1H3,(H,24,25,26,27)/b21-13-. The van der Waals surface area contributed by atoms with Gasteiger partial charge in [-0.2, -0.15) is 4.99 Å². The number of rotatable bonds is 4. The van der Waals surface area contributed by atoms with Crippen molar-refractivity contribution in [3.8, 4) is 5.75 Å². The summed E-state index contributed by atoms with van der Waals surface area (Å²) >= 11 is 1.15. The van der Waals surface area contributed by atoms with Crippen molar-refractivity contribution in [1.29, 1.82) is 0 Å². The highest BCUT2D eigenvalue weighted by Crippen LogP contribution is 2.35. The molecule has 0 fully saturated rings. The molecule has 1 heterocycles. The second-order valence-electron chi connectivity index (χ2n) is 6.49. The Hall–Kier alpha value is -3.38. The number of aliphatic imine (C=N–C) groups is 1. The zero-order valence-corrected chi connectivity index (χ0v) is 16.5. The molecule has 144 valence electrons. The highest BCUT2D eigenvalue weighted by atomic mass is 32.2. The third-order valence-corrected chi connectivity index (χ3v) is 5.25. The number of benzene rings is 3. The van der Waals surface area contributed by atoms with Crippen LogP contribution in [0.3, 0.4) is 0 Å². The fourth-order valence-electron chi connectivity index (χ4n) is 3.03. The van der Waals surface area contributed by atoms with E-state index in [1.807, 2.05) is 66.7 Å². The van der Waals surface area contributed by atoms with Crippen LogP contribution in [0.5, 0.6) is 5.75 Å². The van der Waals surface area contributed by atoms with E-state index in [9.17, 15) is 9.59 Å². The molecule has 0 unspecified atom stereocenters. The Kier molecular flexibility index (Phi) is 5.44. The van der Waals surface area contributed by atoms with Crippen LogP contribution in [0.4, 0.5) is 0 Å². The Labute approximate surface area is 172 Å². The first-order valence-electron chi connectivity index (χ1n) is 9.09. The van der Waals surface area contributed by atoms with Crippen LogP contribution in [0.25, 0.3) is 16.8 Å². The third-order valence-electron chi connectivity index (χ3n) is 4.35. The molecule has 29 heavy (non-hydrogen) atoms. The Morgan fingerprint density at radius 3 is 2.62 bits per heavy atom. The van der Waals surface area contributed by atoms with Gasteiger partial charge < -0.3 is 10.1 Å². The number of carbonyl (C=O) groups is 2. The SMILES string of the molecule is CC(=O)NC1=NC(=O)/C(=C/c2c(OCc3ccccc3)ccc3ccccc23)S1. The van der Waals surface area contributed by atoms with Gasteiger partial charge in [0.1, 0.15) is 12.4 Å². The Morgan fingerprint density at radius 1 is 1.07 bits per heavy atom. The lowest BCUT2D eigenvalue weighted by atomic mass is 10.0. The van der Waals surface area contributed by atoms with Crippen molar-refractivity contribution >= 4 is 45.6 Å². The monoisotopic (exact) mass is 402 g/mol. The van der Waals surface area contributed by atoms with Gasteiger partial charge in [0.05, 0.1) is 4.91 Å². The maximum absolute atomic E-state index is 12.3. The van der Waals surface area contributed by atoms with Crippen LogP contribution < -0.4 is 10.1 Å². The summed E-state index contributed by atoms with van der Waals surface area (Å²) in [7, 11) is 0. The van der Waals surface area contributed by atoms with Crippen LogP contribution in [0.2, 0.25) is 0 Å². The maximum atomic E-state index is 12.3. The van der Waals surface area contributed by atoms with Crippen molar-refractivity contribution in [2.45, 2.75) is 13.5 Å². The predicted molar refractivity (Wildman–Crippen MR) is 117 cm³/mol. The van der Waals surface area contributed by atoms with Gasteiger partial charge in [0, 0.05) is 12.5 Å². The number of hydrogen-bond donors (Lipinski definition) is 1. The van der Waals surface area contributed by atoms with Crippen molar-refractivity contribution in [3.05, 3.63) is 82.8 Å². The van der Waals surface area contributed by atoms with Gasteiger partial charge in [-0.3, -0.25) is 9.59 Å². The summed E-state index contributed by atoms with van der Waals surface area (Å²) < 4.78 is 6.10. The van der Waals surface area contributed by atoms with Crippen molar-refractivity contribution < 1.29 is 14.3 Å². The van der Waals surface area contributed by atoms with Crippen molar-refractivity contribution in [2.24, 2.45) is 4.99 Å². The Morgan fingerprint density at radius 2 is 1.83 bits per heavy atom. The summed E-state index contributed by atoms with van der Waals surface area (Å²) in [5.74, 6) is 0.0458. The molecule has 0 radical (unpaired) electrons. The topological polar surface area (TPSA) is 67.8 Å². The summed E-state index contributed by atoms with van der Waals surface area (Å²) in [4.78, 5) is 27.9. The molecule has 6 heteroatoms. The molecule has 3 aromatic rings. The van der Waals surface area contributed by atoms with Crippen LogP contribution in [0.15, 0.2) is 76.6 Å². The van der Waals surface area contributed by atoms with Gasteiger partial charge >= 0.3 is 0 Å². The van der Waals surface area contributed by atoms with Crippen LogP contribution in [0.1, 0.15) is 18.1 Å². The fourth-order valence-corrected chi connectivity index (χ4v) is 3.87. The lowest BCUT2D eigenvalue weighted by molar-refractivity contribution is -0.117. The molecule has 4 rings (SSSR count). The van der Waals surface area contributed by atoms with Crippen LogP contribution in [-0.4, -0.2) is 17.0 Å². The number of thioether (sulfide) groups is 1. The largest absolute Gasteiger partial charge is 0.488 e. The number of amides is 2. The Bertz CT molecular complexity index is 1150. The van der Waals surface area contributed by atoms with Gasteiger partial charge in [-0.1, -0.05) is 60.7 Å². The number of ether oxygens (including phenoxy) is 1. The number of nitrogens with one attached hydrogen (secondary N) is 1. The normalized spacial score (nSPS) is 14.9. The predicted octanol–water partition coefficient (Wildman–Crippen LogP) is 4.53. The molecule has 0 bridgehead atoms. The molecule has 1 aliphatic rings. The van der Waals surface area contributed by atoms with E-state index in [4.69, 9.17) is 4.74 Å². The van der Waals surface area contributed by atoms with Crippen molar-refractivity contribution in [1.82, 2.24) is 5.32 Å². The molecule has 1 N–H and O–H groups in total. The molecule has 0 spiro atoms. The second kappa shape index (κ2) is 8.32. The van der Waals surface area contributed by atoms with E-state index in [0.717, 1.165) is 33.7 Å². The Balaban J connectivity index is 1.70. The molecule has 0 atom stereocenters. The lowest BCUT2D eigenvalue weighted by Crippen LogP contribution is -2.23. The number of amidine groups is 1. The summed E-state index contributed by atoms with van der Waals surface area (Å²) in [6, 6.07) is 21.8. The molecule has 5 nitrogen and oxygen atoms in total. The molecule has 0 saturated heterocycles. The number of fused-ring (bicyclic) bond motifs is 1. The van der Waals surface area contributed by atoms with Gasteiger partial charge in [-0.05, 0) is 40.2 Å². The molecular weight excluding hydrogens is 384 g/mol. The van der Waals surface area contributed by atoms with Gasteiger partial charge in [0.15, 0.2) is 5.17 Å². The maximum Gasteiger partial charge on any atom is 0.286 e. The average molecular weight is 402 g/mol. The number of nitrogens with zero attached hydrogens (tertiary/aromatic N) is 1. The second-order valence-corrected chi connectivity index (χ2v) is 7.52. The molecule has 1 aliphatic heterocycles. The minimum atomic E-state index is -0.374. The van der Waals surface area contributed by atoms with Crippen LogP contribution >= 0.6 is 11.8 Å². The van der Waals surface area contributed by atoms with Gasteiger partial charge in [0.2, 0.25) is 5.91 Å². The van der Waals surface area contributed by atoms with E-state index in [2.05, 4.69) is 10.3 Å². The summed E-state index contributed by atoms with van der Waals surface area (Å²) in [5.41, 5.74) is 1.87. The summed E-state index contributed by atoms with van der Waals surface area (Å²) in [5, 5.41) is 4.88. The summed E-state index contributed by atoms with van der Waals surface area (Å²) in [6.45, 7) is 1.81. The highest BCUT2D eigenvalue weighted by molar-refractivity contribution is 8.18. The molecular formula is C23H18N2O3S. The van der Waals surface area contributed by atoms with E-state index in [1.165, 1.54) is 6.92 Å². The quantitative estimate of drug-likeness (QED) is 0.652. The van der Waals surface area contributed by atoms with E-state index >= 15 is 0 Å².